The van der Waals surface area contributed by atoms with E-state index in [0.29, 0.717) is 6.17 Å². The quantitative estimate of drug-likeness (QED) is 0.730. The van der Waals surface area contributed by atoms with E-state index in [9.17, 15) is 0 Å². The van der Waals surface area contributed by atoms with Gasteiger partial charge in [0.05, 0.1) is 0 Å². The summed E-state index contributed by atoms with van der Waals surface area (Å²) in [7, 11) is 0. The van der Waals surface area contributed by atoms with Gasteiger partial charge >= 0.3 is 0 Å². The van der Waals surface area contributed by atoms with Gasteiger partial charge in [0.1, 0.15) is 18.5 Å². The highest BCUT2D eigenvalue weighted by Crippen LogP contribution is 2.56. The van der Waals surface area contributed by atoms with Gasteiger partial charge in [0, 0.05) is 0 Å². The molecule has 2 heterocycles. The van der Waals surface area contributed by atoms with E-state index in [0.717, 1.165) is 0 Å². The van der Waals surface area contributed by atoms with Crippen molar-refractivity contribution in [3.8, 4) is 0 Å². The first kappa shape index (κ1) is 13.9. The van der Waals surface area contributed by atoms with Gasteiger partial charge in [-0.15, -0.1) is 0 Å². The van der Waals surface area contributed by atoms with Crippen LogP contribution in [0.4, 0.5) is 0 Å². The second kappa shape index (κ2) is 5.56. The summed E-state index contributed by atoms with van der Waals surface area (Å²) in [5.41, 5.74) is 3.96. The van der Waals surface area contributed by atoms with Crippen molar-refractivity contribution < 1.29 is 0 Å². The Morgan fingerprint density at radius 1 is 0.500 bits per heavy atom. The smallest absolute Gasteiger partial charge is 0.119 e. The second-order valence-electron chi connectivity index (χ2n) is 6.34. The third-order valence-corrected chi connectivity index (χ3v) is 4.89. The molecule has 0 spiro atoms. The summed E-state index contributed by atoms with van der Waals surface area (Å²) in [6.07, 6.45) is 0.756. The molecule has 5 rings (SSSR count). The molecule has 2 saturated heterocycles. The molecule has 2 aliphatic rings. The molecule has 0 aliphatic carbocycles. The first-order valence-corrected chi connectivity index (χ1v) is 8.41. The van der Waals surface area contributed by atoms with Crippen LogP contribution >= 0.6 is 0 Å². The van der Waals surface area contributed by atoms with Gasteiger partial charge in [-0.25, -0.2) is 0 Å². The van der Waals surface area contributed by atoms with Crippen LogP contribution < -0.4 is 5.32 Å². The summed E-state index contributed by atoms with van der Waals surface area (Å²) < 4.78 is 0. The molecule has 118 valence electrons. The van der Waals surface area contributed by atoms with Crippen molar-refractivity contribution in [1.29, 1.82) is 0 Å². The van der Waals surface area contributed by atoms with E-state index in [1.807, 2.05) is 0 Å². The second-order valence-corrected chi connectivity index (χ2v) is 6.34. The molecular formula is C21H19N3. The topological polar surface area (TPSA) is 18.0 Å². The fraction of sp³-hybridized carbons (Fsp3) is 0.143. The van der Waals surface area contributed by atoms with Gasteiger partial charge in [-0.3, -0.25) is 5.32 Å². The number of hydrazine groups is 1. The van der Waals surface area contributed by atoms with Crippen molar-refractivity contribution in [1.82, 2.24) is 15.3 Å². The highest BCUT2D eigenvalue weighted by atomic mass is 15.9. The lowest BCUT2D eigenvalue weighted by Gasteiger charge is -2.20. The SMILES string of the molecule is c1ccc(C2N3[C@@H](c4ccccc4)N[C@H](c4ccccc4)N23)cc1. The molecule has 0 amide bonds. The zero-order valence-electron chi connectivity index (χ0n) is 13.3. The molecule has 3 aromatic rings. The lowest BCUT2D eigenvalue weighted by atomic mass is 10.1. The Kier molecular flexibility index (Phi) is 3.23. The van der Waals surface area contributed by atoms with Crippen molar-refractivity contribution >= 4 is 0 Å². The van der Waals surface area contributed by atoms with Gasteiger partial charge in [0.2, 0.25) is 0 Å². The Morgan fingerprint density at radius 2 is 0.875 bits per heavy atom. The number of hydrogen-bond acceptors (Lipinski definition) is 3. The van der Waals surface area contributed by atoms with Crippen molar-refractivity contribution in [2.75, 3.05) is 0 Å². The molecule has 3 heteroatoms. The predicted molar refractivity (Wildman–Crippen MR) is 94.4 cm³/mol. The lowest BCUT2D eigenvalue weighted by Crippen LogP contribution is -2.27. The maximum absolute atomic E-state index is 3.77. The van der Waals surface area contributed by atoms with Crippen molar-refractivity contribution in [2.24, 2.45) is 0 Å². The Hall–Kier alpha value is -2.46. The molecule has 2 aliphatic heterocycles. The van der Waals surface area contributed by atoms with Gasteiger partial charge in [-0.1, -0.05) is 91.0 Å². The summed E-state index contributed by atoms with van der Waals surface area (Å²) in [5.74, 6) is 0. The number of fused-ring (bicyclic) bond motifs is 1. The maximum atomic E-state index is 3.77. The molecule has 3 nitrogen and oxygen atoms in total. The van der Waals surface area contributed by atoms with E-state index in [4.69, 9.17) is 0 Å². The zero-order chi connectivity index (χ0) is 15.9. The third-order valence-electron chi connectivity index (χ3n) is 4.89. The van der Waals surface area contributed by atoms with E-state index in [1.54, 1.807) is 0 Å². The number of hydrogen-bond donors (Lipinski definition) is 1. The highest BCUT2D eigenvalue weighted by molar-refractivity contribution is 5.31. The summed E-state index contributed by atoms with van der Waals surface area (Å²) >= 11 is 0. The Morgan fingerprint density at radius 3 is 1.29 bits per heavy atom. The molecule has 2 unspecified atom stereocenters. The van der Waals surface area contributed by atoms with E-state index in [-0.39, 0.29) is 12.3 Å². The van der Waals surface area contributed by atoms with Crippen LogP contribution in [0.15, 0.2) is 91.0 Å². The van der Waals surface area contributed by atoms with Gasteiger partial charge in [0.25, 0.3) is 0 Å². The monoisotopic (exact) mass is 313 g/mol. The average molecular weight is 313 g/mol. The number of benzene rings is 3. The zero-order valence-corrected chi connectivity index (χ0v) is 13.3. The van der Waals surface area contributed by atoms with Crippen LogP contribution in [0.3, 0.4) is 0 Å². The summed E-state index contributed by atoms with van der Waals surface area (Å²) in [4.78, 5) is 0. The van der Waals surface area contributed by atoms with Gasteiger partial charge < -0.3 is 0 Å². The van der Waals surface area contributed by atoms with E-state index >= 15 is 0 Å². The standard InChI is InChI=1S/C21H19N3/c1-4-10-16(11-5-1)19-22-20(17-12-6-2-7-13-17)24-21(23(19)24)18-14-8-3-9-15-18/h1-15,19-22H/t19-,20-,21?,23?,24?/m0/s1. The molecule has 4 atom stereocenters. The molecule has 0 bridgehead atoms. The van der Waals surface area contributed by atoms with Crippen molar-refractivity contribution in [3.63, 3.8) is 0 Å². The average Bonchev–Trinajstić information content (AvgIpc) is 3.28. The van der Waals surface area contributed by atoms with Crippen molar-refractivity contribution in [2.45, 2.75) is 18.5 Å². The van der Waals surface area contributed by atoms with Crippen LogP contribution in [-0.2, 0) is 0 Å². The number of nitrogens with one attached hydrogen (secondary N) is 1. The highest BCUT2D eigenvalue weighted by Gasteiger charge is 2.60. The van der Waals surface area contributed by atoms with Crippen molar-refractivity contribution in [3.05, 3.63) is 108 Å². The molecule has 24 heavy (non-hydrogen) atoms. The summed E-state index contributed by atoms with van der Waals surface area (Å²) in [6, 6.07) is 32.1. The molecule has 1 N–H and O–H groups in total. The summed E-state index contributed by atoms with van der Waals surface area (Å²) in [5, 5.41) is 8.67. The van der Waals surface area contributed by atoms with Gasteiger partial charge in [-0.05, 0) is 16.7 Å². The van der Waals surface area contributed by atoms with E-state index < -0.39 is 0 Å². The fourth-order valence-electron chi connectivity index (χ4n) is 3.75. The Labute approximate surface area is 142 Å². The minimum Gasteiger partial charge on any atom is -0.276 e. The Balaban J connectivity index is 1.53. The lowest BCUT2D eigenvalue weighted by molar-refractivity contribution is 0.314. The van der Waals surface area contributed by atoms with E-state index in [1.165, 1.54) is 16.7 Å². The normalized spacial score (nSPS) is 30.8. The number of nitrogens with zero attached hydrogens (tertiary/aromatic N) is 2. The largest absolute Gasteiger partial charge is 0.276 e. The van der Waals surface area contributed by atoms with Gasteiger partial charge in [-0.2, -0.15) is 10.0 Å². The molecule has 3 aromatic carbocycles. The molecule has 2 fully saturated rings. The molecular weight excluding hydrogens is 294 g/mol. The van der Waals surface area contributed by atoms with Crippen LogP contribution in [0.5, 0.6) is 0 Å². The van der Waals surface area contributed by atoms with Crippen LogP contribution in [0.25, 0.3) is 0 Å². The molecule has 0 aromatic heterocycles. The first-order chi connectivity index (χ1) is 11.9. The van der Waals surface area contributed by atoms with E-state index in [2.05, 4.69) is 106 Å². The Bertz CT molecular complexity index is 768. The van der Waals surface area contributed by atoms with Crippen LogP contribution in [0.1, 0.15) is 35.2 Å². The molecule has 0 radical (unpaired) electrons. The van der Waals surface area contributed by atoms with Crippen LogP contribution in [0.2, 0.25) is 0 Å². The van der Waals surface area contributed by atoms with Gasteiger partial charge in [0.15, 0.2) is 0 Å². The minimum absolute atomic E-state index is 0.210. The molecule has 0 saturated carbocycles. The minimum atomic E-state index is 0.210. The number of rotatable bonds is 3. The van der Waals surface area contributed by atoms with Crippen LogP contribution in [0, 0.1) is 0 Å². The van der Waals surface area contributed by atoms with Crippen LogP contribution in [-0.4, -0.2) is 10.0 Å². The summed E-state index contributed by atoms with van der Waals surface area (Å²) in [6.45, 7) is 0. The fourth-order valence-corrected chi connectivity index (χ4v) is 3.75. The third kappa shape index (κ3) is 2.18. The first-order valence-electron chi connectivity index (χ1n) is 8.41. The maximum Gasteiger partial charge on any atom is 0.119 e. The predicted octanol–water partition coefficient (Wildman–Crippen LogP) is 4.22.